The molecule has 0 saturated carbocycles. The van der Waals surface area contributed by atoms with Crippen LogP contribution in [0.25, 0.3) is 0 Å². The van der Waals surface area contributed by atoms with Gasteiger partial charge in [0.05, 0.1) is 5.02 Å². The van der Waals surface area contributed by atoms with E-state index in [9.17, 15) is 9.59 Å². The van der Waals surface area contributed by atoms with Gasteiger partial charge in [-0.1, -0.05) is 60.5 Å². The maximum absolute atomic E-state index is 13.1. The van der Waals surface area contributed by atoms with Crippen LogP contribution in [0, 0.1) is 6.92 Å². The van der Waals surface area contributed by atoms with Crippen LogP contribution in [0.4, 0.5) is 0 Å². The molecule has 0 bridgehead atoms. The van der Waals surface area contributed by atoms with Crippen molar-refractivity contribution in [2.45, 2.75) is 52.7 Å². The van der Waals surface area contributed by atoms with Gasteiger partial charge in [0.2, 0.25) is 5.91 Å². The molecule has 156 valence electrons. The van der Waals surface area contributed by atoms with Crippen LogP contribution in [0.15, 0.2) is 48.5 Å². The number of halogens is 1. The van der Waals surface area contributed by atoms with Gasteiger partial charge in [0, 0.05) is 12.6 Å². The SMILES string of the molecule is CC[C@H](C(=O)NC(C)C)N(Cc1cccc(C)c1)C(=O)COc1ccccc1Cl. The molecule has 1 N–H and O–H groups in total. The third kappa shape index (κ3) is 6.79. The van der Waals surface area contributed by atoms with Crippen molar-refractivity contribution in [3.05, 3.63) is 64.7 Å². The van der Waals surface area contributed by atoms with E-state index < -0.39 is 6.04 Å². The van der Waals surface area contributed by atoms with Gasteiger partial charge in [-0.2, -0.15) is 0 Å². The van der Waals surface area contributed by atoms with E-state index in [4.69, 9.17) is 16.3 Å². The number of aryl methyl sites for hydroxylation is 1. The highest BCUT2D eigenvalue weighted by Gasteiger charge is 2.29. The number of hydrogen-bond acceptors (Lipinski definition) is 3. The lowest BCUT2D eigenvalue weighted by Gasteiger charge is -2.31. The summed E-state index contributed by atoms with van der Waals surface area (Å²) in [5, 5.41) is 3.35. The molecule has 0 spiro atoms. The van der Waals surface area contributed by atoms with E-state index in [-0.39, 0.29) is 24.5 Å². The first-order valence-electron chi connectivity index (χ1n) is 9.84. The highest BCUT2D eigenvalue weighted by molar-refractivity contribution is 6.32. The van der Waals surface area contributed by atoms with Crippen molar-refractivity contribution in [1.82, 2.24) is 10.2 Å². The summed E-state index contributed by atoms with van der Waals surface area (Å²) in [7, 11) is 0. The Balaban J connectivity index is 2.23. The van der Waals surface area contributed by atoms with Crippen molar-refractivity contribution >= 4 is 23.4 Å². The Morgan fingerprint density at radius 1 is 1.14 bits per heavy atom. The Kier molecular flexibility index (Phi) is 8.52. The lowest BCUT2D eigenvalue weighted by molar-refractivity contribution is -0.143. The normalized spacial score (nSPS) is 11.8. The highest BCUT2D eigenvalue weighted by atomic mass is 35.5. The van der Waals surface area contributed by atoms with Crippen LogP contribution in [0.5, 0.6) is 5.75 Å². The average molecular weight is 417 g/mol. The minimum atomic E-state index is -0.583. The van der Waals surface area contributed by atoms with Crippen LogP contribution in [0.2, 0.25) is 5.02 Å². The van der Waals surface area contributed by atoms with Gasteiger partial charge in [-0.3, -0.25) is 9.59 Å². The highest BCUT2D eigenvalue weighted by Crippen LogP contribution is 2.23. The zero-order valence-corrected chi connectivity index (χ0v) is 18.2. The molecule has 0 aliphatic carbocycles. The molecule has 29 heavy (non-hydrogen) atoms. The number of benzene rings is 2. The summed E-state index contributed by atoms with van der Waals surface area (Å²) in [5.74, 6) is 0.0103. The van der Waals surface area contributed by atoms with Crippen molar-refractivity contribution in [3.63, 3.8) is 0 Å². The van der Waals surface area contributed by atoms with Crippen LogP contribution in [0.3, 0.4) is 0 Å². The number of carbonyl (C=O) groups excluding carboxylic acids is 2. The Hall–Kier alpha value is -2.53. The summed E-state index contributed by atoms with van der Waals surface area (Å²) >= 11 is 6.12. The summed E-state index contributed by atoms with van der Waals surface area (Å²) < 4.78 is 5.64. The Morgan fingerprint density at radius 2 is 1.86 bits per heavy atom. The molecule has 0 aliphatic heterocycles. The molecular weight excluding hydrogens is 388 g/mol. The van der Waals surface area contributed by atoms with Gasteiger partial charge in [-0.15, -0.1) is 0 Å². The van der Waals surface area contributed by atoms with Crippen molar-refractivity contribution < 1.29 is 14.3 Å². The fraction of sp³-hybridized carbons (Fsp3) is 0.391. The zero-order chi connectivity index (χ0) is 21.4. The number of carbonyl (C=O) groups is 2. The zero-order valence-electron chi connectivity index (χ0n) is 17.4. The van der Waals surface area contributed by atoms with Crippen molar-refractivity contribution in [2.24, 2.45) is 0 Å². The van der Waals surface area contributed by atoms with Crippen molar-refractivity contribution in [3.8, 4) is 5.75 Å². The Labute approximate surface area is 178 Å². The third-order valence-electron chi connectivity index (χ3n) is 4.44. The maximum Gasteiger partial charge on any atom is 0.261 e. The van der Waals surface area contributed by atoms with E-state index >= 15 is 0 Å². The van der Waals surface area contributed by atoms with E-state index in [0.717, 1.165) is 11.1 Å². The summed E-state index contributed by atoms with van der Waals surface area (Å²) in [6.07, 6.45) is 0.502. The number of nitrogens with zero attached hydrogens (tertiary/aromatic N) is 1. The van der Waals surface area contributed by atoms with E-state index in [1.54, 1.807) is 29.2 Å². The standard InChI is InChI=1S/C23H29ClN2O3/c1-5-20(23(28)25-16(2)3)26(14-18-10-8-9-17(4)13-18)22(27)15-29-21-12-7-6-11-19(21)24/h6-13,16,20H,5,14-15H2,1-4H3,(H,25,28)/t20-/m1/s1. The molecule has 0 radical (unpaired) electrons. The van der Waals surface area contributed by atoms with Gasteiger partial charge >= 0.3 is 0 Å². The second-order valence-electron chi connectivity index (χ2n) is 7.32. The molecule has 0 heterocycles. The Bertz CT molecular complexity index is 838. The fourth-order valence-electron chi connectivity index (χ4n) is 3.09. The summed E-state index contributed by atoms with van der Waals surface area (Å²) in [6, 6.07) is 14.3. The number of ether oxygens (including phenoxy) is 1. The van der Waals surface area contributed by atoms with Crippen LogP contribution in [0.1, 0.15) is 38.3 Å². The average Bonchev–Trinajstić information content (AvgIpc) is 2.66. The molecule has 2 aromatic carbocycles. The monoisotopic (exact) mass is 416 g/mol. The van der Waals surface area contributed by atoms with Gasteiger partial charge in [0.15, 0.2) is 6.61 Å². The van der Waals surface area contributed by atoms with E-state index in [1.807, 2.05) is 52.0 Å². The number of para-hydroxylation sites is 1. The first-order chi connectivity index (χ1) is 13.8. The molecule has 2 amide bonds. The predicted molar refractivity (Wildman–Crippen MR) is 116 cm³/mol. The smallest absolute Gasteiger partial charge is 0.261 e. The van der Waals surface area contributed by atoms with Crippen LogP contribution < -0.4 is 10.1 Å². The van der Waals surface area contributed by atoms with Crippen LogP contribution in [-0.4, -0.2) is 35.4 Å². The lowest BCUT2D eigenvalue weighted by Crippen LogP contribution is -2.51. The molecule has 0 aromatic heterocycles. The second kappa shape index (κ2) is 10.9. The minimum Gasteiger partial charge on any atom is -0.482 e. The molecule has 2 aromatic rings. The van der Waals surface area contributed by atoms with Crippen molar-refractivity contribution in [2.75, 3.05) is 6.61 Å². The summed E-state index contributed by atoms with van der Waals surface area (Å²) in [6.45, 7) is 7.84. The van der Waals surface area contributed by atoms with Crippen LogP contribution in [-0.2, 0) is 16.1 Å². The summed E-state index contributed by atoms with van der Waals surface area (Å²) in [4.78, 5) is 27.4. The van der Waals surface area contributed by atoms with Gasteiger partial charge in [0.1, 0.15) is 11.8 Å². The summed E-state index contributed by atoms with van der Waals surface area (Å²) in [5.41, 5.74) is 2.06. The van der Waals surface area contributed by atoms with E-state index in [1.165, 1.54) is 0 Å². The first kappa shape index (κ1) is 22.8. The minimum absolute atomic E-state index is 0.00755. The molecule has 5 nitrogen and oxygen atoms in total. The van der Waals surface area contributed by atoms with E-state index in [0.29, 0.717) is 23.7 Å². The second-order valence-corrected chi connectivity index (χ2v) is 7.72. The number of hydrogen-bond donors (Lipinski definition) is 1. The third-order valence-corrected chi connectivity index (χ3v) is 4.75. The van der Waals surface area contributed by atoms with Gasteiger partial charge < -0.3 is 15.0 Å². The van der Waals surface area contributed by atoms with E-state index in [2.05, 4.69) is 5.32 Å². The molecule has 1 atom stereocenters. The number of rotatable bonds is 9. The van der Waals surface area contributed by atoms with Crippen LogP contribution >= 0.6 is 11.6 Å². The fourth-order valence-corrected chi connectivity index (χ4v) is 3.28. The lowest BCUT2D eigenvalue weighted by atomic mass is 10.1. The van der Waals surface area contributed by atoms with Crippen molar-refractivity contribution in [1.29, 1.82) is 0 Å². The molecule has 0 fully saturated rings. The molecule has 0 aliphatic rings. The van der Waals surface area contributed by atoms with Gasteiger partial charge in [-0.25, -0.2) is 0 Å². The maximum atomic E-state index is 13.1. The quantitative estimate of drug-likeness (QED) is 0.660. The number of amides is 2. The molecule has 2 rings (SSSR count). The van der Waals surface area contributed by atoms with Gasteiger partial charge in [-0.05, 0) is 44.9 Å². The van der Waals surface area contributed by atoms with Gasteiger partial charge in [0.25, 0.3) is 5.91 Å². The first-order valence-corrected chi connectivity index (χ1v) is 10.2. The number of nitrogens with one attached hydrogen (secondary N) is 1. The molecule has 6 heteroatoms. The largest absolute Gasteiger partial charge is 0.482 e. The molecule has 0 unspecified atom stereocenters. The Morgan fingerprint density at radius 3 is 2.48 bits per heavy atom. The molecule has 0 saturated heterocycles. The molecular formula is C23H29ClN2O3. The topological polar surface area (TPSA) is 58.6 Å². The predicted octanol–water partition coefficient (Wildman–Crippen LogP) is 4.36.